The first-order valence-corrected chi connectivity index (χ1v) is 6.19. The van der Waals surface area contributed by atoms with Gasteiger partial charge in [-0.2, -0.15) is 0 Å². The fourth-order valence-corrected chi connectivity index (χ4v) is 1.74. The highest BCUT2D eigenvalue weighted by Crippen LogP contribution is 2.02. The minimum atomic E-state index is 0.811. The minimum Gasteiger partial charge on any atom is -0.308 e. The van der Waals surface area contributed by atoms with Crippen LogP contribution in [0.25, 0.3) is 6.08 Å². The van der Waals surface area contributed by atoms with E-state index in [0.29, 0.717) is 0 Å². The number of aryl methyl sites for hydroxylation is 1. The van der Waals surface area contributed by atoms with E-state index in [1.54, 1.807) is 0 Å². The molecule has 0 atom stereocenters. The Labute approximate surface area is 108 Å². The van der Waals surface area contributed by atoms with Crippen LogP contribution in [0.1, 0.15) is 16.8 Å². The molecule has 2 aromatic rings. The predicted octanol–water partition coefficient (Wildman–Crippen LogP) is 3.19. The molecule has 0 bridgehead atoms. The van der Waals surface area contributed by atoms with Crippen molar-refractivity contribution in [1.29, 1.82) is 0 Å². The first-order valence-electron chi connectivity index (χ1n) is 6.19. The van der Waals surface area contributed by atoms with Crippen molar-refractivity contribution in [2.24, 2.45) is 0 Å². The zero-order valence-corrected chi connectivity index (χ0v) is 10.6. The van der Waals surface area contributed by atoms with Gasteiger partial charge in [0, 0.05) is 19.3 Å². The Kier molecular flexibility index (Phi) is 4.68. The molecule has 1 N–H and O–H groups in total. The first-order chi connectivity index (χ1) is 8.86. The normalized spacial score (nSPS) is 10.9. The van der Waals surface area contributed by atoms with E-state index in [9.17, 15) is 0 Å². The van der Waals surface area contributed by atoms with Crippen LogP contribution in [0.4, 0.5) is 0 Å². The van der Waals surface area contributed by atoms with Crippen molar-refractivity contribution in [3.05, 3.63) is 71.6 Å². The van der Waals surface area contributed by atoms with Crippen LogP contribution in [0.2, 0.25) is 0 Å². The van der Waals surface area contributed by atoms with Crippen LogP contribution in [0, 0.1) is 6.92 Å². The van der Waals surface area contributed by atoms with Crippen LogP contribution < -0.4 is 5.32 Å². The maximum absolute atomic E-state index is 4.35. The summed E-state index contributed by atoms with van der Waals surface area (Å²) in [5, 5.41) is 3.36. The summed E-state index contributed by atoms with van der Waals surface area (Å²) in [6, 6.07) is 14.4. The van der Waals surface area contributed by atoms with Gasteiger partial charge in [0.05, 0.1) is 5.69 Å². The molecule has 2 heteroatoms. The summed E-state index contributed by atoms with van der Waals surface area (Å²) < 4.78 is 0. The zero-order chi connectivity index (χ0) is 12.6. The Morgan fingerprint density at radius 2 is 1.94 bits per heavy atom. The van der Waals surface area contributed by atoms with Crippen molar-refractivity contribution in [1.82, 2.24) is 10.3 Å². The minimum absolute atomic E-state index is 0.811. The number of hydrogen-bond acceptors (Lipinski definition) is 2. The van der Waals surface area contributed by atoms with Crippen molar-refractivity contribution in [2.75, 3.05) is 6.54 Å². The molecule has 0 radical (unpaired) electrons. The summed E-state index contributed by atoms with van der Waals surface area (Å²) >= 11 is 0. The van der Waals surface area contributed by atoms with E-state index in [4.69, 9.17) is 0 Å². The Morgan fingerprint density at radius 3 is 2.72 bits per heavy atom. The molecular formula is C16H18N2. The van der Waals surface area contributed by atoms with Gasteiger partial charge >= 0.3 is 0 Å². The molecule has 2 nitrogen and oxygen atoms in total. The summed E-state index contributed by atoms with van der Waals surface area (Å²) in [7, 11) is 0. The van der Waals surface area contributed by atoms with Gasteiger partial charge in [-0.1, -0.05) is 48.6 Å². The molecule has 0 saturated heterocycles. The van der Waals surface area contributed by atoms with E-state index >= 15 is 0 Å². The van der Waals surface area contributed by atoms with E-state index in [-0.39, 0.29) is 0 Å². The molecule has 0 aliphatic carbocycles. The van der Waals surface area contributed by atoms with Crippen molar-refractivity contribution >= 4 is 6.08 Å². The highest BCUT2D eigenvalue weighted by atomic mass is 14.9. The topological polar surface area (TPSA) is 24.9 Å². The average molecular weight is 238 g/mol. The maximum Gasteiger partial charge on any atom is 0.0570 e. The molecule has 0 aliphatic rings. The summed E-state index contributed by atoms with van der Waals surface area (Å²) in [5.74, 6) is 0. The molecule has 2 rings (SSSR count). The van der Waals surface area contributed by atoms with Crippen LogP contribution >= 0.6 is 0 Å². The molecule has 92 valence electrons. The highest BCUT2D eigenvalue weighted by molar-refractivity contribution is 5.48. The van der Waals surface area contributed by atoms with Gasteiger partial charge in [-0.25, -0.2) is 0 Å². The van der Waals surface area contributed by atoms with E-state index in [1.165, 1.54) is 11.1 Å². The molecule has 0 aliphatic heterocycles. The molecule has 18 heavy (non-hydrogen) atoms. The fourth-order valence-electron chi connectivity index (χ4n) is 1.74. The van der Waals surface area contributed by atoms with E-state index < -0.39 is 0 Å². The number of rotatable bonds is 5. The summed E-state index contributed by atoms with van der Waals surface area (Å²) in [4.78, 5) is 4.35. The Balaban J connectivity index is 1.77. The van der Waals surface area contributed by atoms with Gasteiger partial charge in [-0.15, -0.1) is 0 Å². The first kappa shape index (κ1) is 12.5. The lowest BCUT2D eigenvalue weighted by atomic mass is 10.2. The van der Waals surface area contributed by atoms with Crippen LogP contribution in [0.15, 0.2) is 54.7 Å². The van der Waals surface area contributed by atoms with Crippen LogP contribution in [0.3, 0.4) is 0 Å². The third-order valence-corrected chi connectivity index (χ3v) is 2.78. The number of aromatic nitrogens is 1. The predicted molar refractivity (Wildman–Crippen MR) is 76.2 cm³/mol. The number of hydrogen-bond donors (Lipinski definition) is 1. The monoisotopic (exact) mass is 238 g/mol. The second-order valence-electron chi connectivity index (χ2n) is 4.21. The third-order valence-electron chi connectivity index (χ3n) is 2.78. The summed E-state index contributed by atoms with van der Waals surface area (Å²) in [6.07, 6.45) is 6.09. The molecule has 0 amide bonds. The molecule has 1 aromatic carbocycles. The van der Waals surface area contributed by atoms with Crippen molar-refractivity contribution in [2.45, 2.75) is 13.5 Å². The largest absolute Gasteiger partial charge is 0.308 e. The van der Waals surface area contributed by atoms with E-state index in [1.807, 2.05) is 30.5 Å². The zero-order valence-electron chi connectivity index (χ0n) is 10.6. The maximum atomic E-state index is 4.35. The van der Waals surface area contributed by atoms with Gasteiger partial charge in [0.25, 0.3) is 0 Å². The van der Waals surface area contributed by atoms with Gasteiger partial charge in [0.2, 0.25) is 0 Å². The standard InChI is InChI=1S/C16H18N2/c1-14-7-5-12-18-16(14)13-17-11-6-10-15-8-3-2-4-9-15/h2-10,12,17H,11,13H2,1H3. The number of nitrogens with zero attached hydrogens (tertiary/aromatic N) is 1. The lowest BCUT2D eigenvalue weighted by Gasteiger charge is -2.04. The molecule has 0 saturated carbocycles. The highest BCUT2D eigenvalue weighted by Gasteiger charge is 1.96. The second kappa shape index (κ2) is 6.72. The van der Waals surface area contributed by atoms with Crippen LogP contribution in [0.5, 0.6) is 0 Å². The lowest BCUT2D eigenvalue weighted by Crippen LogP contribution is -2.14. The molecule has 1 aromatic heterocycles. The Hall–Kier alpha value is -1.93. The SMILES string of the molecule is Cc1cccnc1CNCC=Cc1ccccc1. The third kappa shape index (κ3) is 3.82. The number of pyridine rings is 1. The van der Waals surface area contributed by atoms with E-state index in [0.717, 1.165) is 18.8 Å². The van der Waals surface area contributed by atoms with Crippen LogP contribution in [-0.2, 0) is 6.54 Å². The molecule has 0 unspecified atom stereocenters. The molecular weight excluding hydrogens is 220 g/mol. The Morgan fingerprint density at radius 1 is 1.11 bits per heavy atom. The van der Waals surface area contributed by atoms with Crippen molar-refractivity contribution in [3.8, 4) is 0 Å². The summed E-state index contributed by atoms with van der Waals surface area (Å²) in [6.45, 7) is 3.75. The van der Waals surface area contributed by atoms with E-state index in [2.05, 4.69) is 47.6 Å². The molecule has 0 spiro atoms. The number of benzene rings is 1. The van der Waals surface area contributed by atoms with Crippen molar-refractivity contribution < 1.29 is 0 Å². The fraction of sp³-hybridized carbons (Fsp3) is 0.188. The van der Waals surface area contributed by atoms with Gasteiger partial charge < -0.3 is 5.32 Å². The van der Waals surface area contributed by atoms with Crippen molar-refractivity contribution in [3.63, 3.8) is 0 Å². The molecule has 0 fully saturated rings. The van der Waals surface area contributed by atoms with Gasteiger partial charge in [0.15, 0.2) is 0 Å². The van der Waals surface area contributed by atoms with Gasteiger partial charge in [-0.05, 0) is 24.1 Å². The smallest absolute Gasteiger partial charge is 0.0570 e. The van der Waals surface area contributed by atoms with Gasteiger partial charge in [0.1, 0.15) is 0 Å². The Bertz CT molecular complexity index is 504. The average Bonchev–Trinajstić information content (AvgIpc) is 2.42. The number of nitrogens with one attached hydrogen (secondary N) is 1. The van der Waals surface area contributed by atoms with Crippen LogP contribution in [-0.4, -0.2) is 11.5 Å². The van der Waals surface area contributed by atoms with Gasteiger partial charge in [-0.3, -0.25) is 4.98 Å². The quantitative estimate of drug-likeness (QED) is 0.809. The second-order valence-corrected chi connectivity index (χ2v) is 4.21. The lowest BCUT2D eigenvalue weighted by molar-refractivity contribution is 0.736. The summed E-state index contributed by atoms with van der Waals surface area (Å²) in [5.41, 5.74) is 3.58. The molecule has 1 heterocycles.